The van der Waals surface area contributed by atoms with Crippen LogP contribution in [0.15, 0.2) is 53.4 Å². The number of terminal acetylenes is 1. The van der Waals surface area contributed by atoms with Crippen LogP contribution in [0.3, 0.4) is 0 Å². The van der Waals surface area contributed by atoms with Crippen LogP contribution in [0.2, 0.25) is 0 Å². The molecule has 164 valence electrons. The van der Waals surface area contributed by atoms with Gasteiger partial charge in [-0.15, -0.1) is 6.42 Å². The largest absolute Gasteiger partial charge is 0.393 e. The zero-order chi connectivity index (χ0) is 22.3. The minimum Gasteiger partial charge on any atom is -0.393 e. The molecule has 1 aliphatic rings. The average Bonchev–Trinajstić information content (AvgIpc) is 2.78. The van der Waals surface area contributed by atoms with Crippen LogP contribution >= 0.6 is 0 Å². The fraction of sp³-hybridized carbons (Fsp3) is 0.348. The second-order valence-electron chi connectivity index (χ2n) is 7.56. The summed E-state index contributed by atoms with van der Waals surface area (Å²) >= 11 is 0. The highest BCUT2D eigenvalue weighted by molar-refractivity contribution is 7.89. The summed E-state index contributed by atoms with van der Waals surface area (Å²) in [4.78, 5) is 14.8. The van der Waals surface area contributed by atoms with Gasteiger partial charge in [-0.25, -0.2) is 8.42 Å². The van der Waals surface area contributed by atoms with Crippen LogP contribution in [0.5, 0.6) is 0 Å². The smallest absolute Gasteiger partial charge is 0.251 e. The molecule has 2 aromatic rings. The zero-order valence-electron chi connectivity index (χ0n) is 17.3. The van der Waals surface area contributed by atoms with Crippen molar-refractivity contribution in [2.45, 2.75) is 36.9 Å². The van der Waals surface area contributed by atoms with Gasteiger partial charge < -0.3 is 10.4 Å². The van der Waals surface area contributed by atoms with E-state index in [-0.39, 0.29) is 23.5 Å². The third-order valence-electron chi connectivity index (χ3n) is 5.23. The van der Waals surface area contributed by atoms with Gasteiger partial charge in [0.25, 0.3) is 5.91 Å². The van der Waals surface area contributed by atoms with E-state index in [2.05, 4.69) is 33.0 Å². The summed E-state index contributed by atoms with van der Waals surface area (Å²) in [5, 5.41) is 12.4. The minimum atomic E-state index is -3.68. The number of benzene rings is 2. The van der Waals surface area contributed by atoms with Crippen molar-refractivity contribution in [2.75, 3.05) is 19.6 Å². The predicted octanol–water partition coefficient (Wildman–Crippen LogP) is 1.48. The molecule has 7 nitrogen and oxygen atoms in total. The standard InChI is InChI=1S/C23H27N3O4S/c1-2-13-25-31(29,30)22-9-7-20(8-10-22)23(28)24-16-18-3-5-19(6-4-18)17-26-14-11-21(27)12-15-26/h1,3-10,21,25,27H,11-17H2,(H,24,28). The van der Waals surface area contributed by atoms with E-state index in [1.165, 1.54) is 29.8 Å². The van der Waals surface area contributed by atoms with Crippen molar-refractivity contribution in [3.05, 3.63) is 65.2 Å². The SMILES string of the molecule is C#CCNS(=O)(=O)c1ccc(C(=O)NCc2ccc(CN3CCC(O)CC3)cc2)cc1. The number of hydrogen-bond donors (Lipinski definition) is 3. The number of sulfonamides is 1. The van der Waals surface area contributed by atoms with Crippen LogP contribution in [0.1, 0.15) is 34.3 Å². The highest BCUT2D eigenvalue weighted by atomic mass is 32.2. The van der Waals surface area contributed by atoms with Crippen LogP contribution in [-0.2, 0) is 23.1 Å². The number of carbonyl (C=O) groups excluding carboxylic acids is 1. The van der Waals surface area contributed by atoms with E-state index < -0.39 is 10.0 Å². The third-order valence-corrected chi connectivity index (χ3v) is 6.65. The van der Waals surface area contributed by atoms with Crippen molar-refractivity contribution in [2.24, 2.45) is 0 Å². The first kappa shape index (κ1) is 23.0. The number of carbonyl (C=O) groups is 1. The quantitative estimate of drug-likeness (QED) is 0.539. The molecule has 0 aromatic heterocycles. The van der Waals surface area contributed by atoms with Gasteiger partial charge >= 0.3 is 0 Å². The van der Waals surface area contributed by atoms with Gasteiger partial charge in [0.05, 0.1) is 17.5 Å². The monoisotopic (exact) mass is 441 g/mol. The van der Waals surface area contributed by atoms with Gasteiger partial charge in [0.1, 0.15) is 0 Å². The van der Waals surface area contributed by atoms with Crippen molar-refractivity contribution in [1.29, 1.82) is 0 Å². The van der Waals surface area contributed by atoms with Gasteiger partial charge in [-0.05, 0) is 48.2 Å². The molecule has 1 saturated heterocycles. The number of hydrogen-bond acceptors (Lipinski definition) is 5. The van der Waals surface area contributed by atoms with Gasteiger partial charge in [-0.2, -0.15) is 4.72 Å². The Labute approximate surface area is 183 Å². The third kappa shape index (κ3) is 6.64. The molecular formula is C23H27N3O4S. The van der Waals surface area contributed by atoms with Crippen molar-refractivity contribution in [3.8, 4) is 12.3 Å². The lowest BCUT2D eigenvalue weighted by atomic mass is 10.1. The first-order valence-electron chi connectivity index (χ1n) is 10.2. The molecule has 8 heteroatoms. The van der Waals surface area contributed by atoms with Crippen LogP contribution in [-0.4, -0.2) is 50.1 Å². The number of nitrogens with one attached hydrogen (secondary N) is 2. The summed E-state index contributed by atoms with van der Waals surface area (Å²) < 4.78 is 26.3. The van der Waals surface area contributed by atoms with Gasteiger partial charge in [0, 0.05) is 31.7 Å². The Hall–Kier alpha value is -2.70. The van der Waals surface area contributed by atoms with Crippen molar-refractivity contribution in [1.82, 2.24) is 14.9 Å². The van der Waals surface area contributed by atoms with E-state index in [0.29, 0.717) is 12.1 Å². The zero-order valence-corrected chi connectivity index (χ0v) is 18.1. The molecule has 2 aromatic carbocycles. The Kier molecular flexibility index (Phi) is 7.82. The number of amides is 1. The second-order valence-corrected chi connectivity index (χ2v) is 9.33. The number of piperidine rings is 1. The van der Waals surface area contributed by atoms with Gasteiger partial charge in [0.2, 0.25) is 10.0 Å². The van der Waals surface area contributed by atoms with E-state index in [0.717, 1.165) is 38.0 Å². The fourth-order valence-corrected chi connectivity index (χ4v) is 4.32. The molecule has 1 fully saturated rings. The molecule has 1 heterocycles. The minimum absolute atomic E-state index is 0.0538. The van der Waals surface area contributed by atoms with Crippen LogP contribution in [0, 0.1) is 12.3 Å². The number of nitrogens with zero attached hydrogens (tertiary/aromatic N) is 1. The Morgan fingerprint density at radius 2 is 1.68 bits per heavy atom. The van der Waals surface area contributed by atoms with E-state index in [4.69, 9.17) is 6.42 Å². The first-order valence-corrected chi connectivity index (χ1v) is 11.7. The summed E-state index contributed by atoms with van der Waals surface area (Å²) in [5.74, 6) is 1.93. The molecule has 0 saturated carbocycles. The molecule has 3 N–H and O–H groups in total. The molecule has 1 aliphatic heterocycles. The van der Waals surface area contributed by atoms with Crippen molar-refractivity contribution < 1.29 is 18.3 Å². The number of likely N-dealkylation sites (tertiary alicyclic amines) is 1. The van der Waals surface area contributed by atoms with Crippen molar-refractivity contribution >= 4 is 15.9 Å². The Morgan fingerprint density at radius 1 is 1.06 bits per heavy atom. The number of aliphatic hydroxyl groups is 1. The lowest BCUT2D eigenvalue weighted by Crippen LogP contribution is -2.35. The van der Waals surface area contributed by atoms with Crippen LogP contribution < -0.4 is 10.0 Å². The molecule has 0 atom stereocenters. The summed E-state index contributed by atoms with van der Waals surface area (Å²) in [5.41, 5.74) is 2.55. The molecular weight excluding hydrogens is 414 g/mol. The summed E-state index contributed by atoms with van der Waals surface area (Å²) in [7, 11) is -3.68. The fourth-order valence-electron chi connectivity index (χ4n) is 3.39. The molecule has 0 radical (unpaired) electrons. The molecule has 0 aliphatic carbocycles. The molecule has 0 spiro atoms. The average molecular weight is 442 g/mol. The summed E-state index contributed by atoms with van der Waals surface area (Å²) in [6.45, 7) is 2.94. The molecule has 31 heavy (non-hydrogen) atoms. The predicted molar refractivity (Wildman–Crippen MR) is 119 cm³/mol. The Morgan fingerprint density at radius 3 is 2.29 bits per heavy atom. The molecule has 3 rings (SSSR count). The summed E-state index contributed by atoms with van der Waals surface area (Å²) in [6, 6.07) is 13.8. The number of rotatable bonds is 8. The van der Waals surface area contributed by atoms with Gasteiger partial charge in [-0.3, -0.25) is 9.69 Å². The van der Waals surface area contributed by atoms with Gasteiger partial charge in [-0.1, -0.05) is 30.2 Å². The maximum absolute atomic E-state index is 12.4. The van der Waals surface area contributed by atoms with Crippen LogP contribution in [0.4, 0.5) is 0 Å². The van der Waals surface area contributed by atoms with Gasteiger partial charge in [0.15, 0.2) is 0 Å². The maximum atomic E-state index is 12.4. The maximum Gasteiger partial charge on any atom is 0.251 e. The van der Waals surface area contributed by atoms with Crippen LogP contribution in [0.25, 0.3) is 0 Å². The van der Waals surface area contributed by atoms with E-state index in [1.54, 1.807) is 0 Å². The van der Waals surface area contributed by atoms with E-state index in [1.807, 2.05) is 12.1 Å². The molecule has 0 bridgehead atoms. The summed E-state index contributed by atoms with van der Waals surface area (Å²) in [6.07, 6.45) is 6.54. The number of aliphatic hydroxyl groups excluding tert-OH is 1. The Bertz CT molecular complexity index is 1020. The Balaban J connectivity index is 1.50. The first-order chi connectivity index (χ1) is 14.9. The van der Waals surface area contributed by atoms with Crippen molar-refractivity contribution in [3.63, 3.8) is 0 Å². The molecule has 1 amide bonds. The lowest BCUT2D eigenvalue weighted by molar-refractivity contribution is 0.0792. The topological polar surface area (TPSA) is 98.7 Å². The normalized spacial score (nSPS) is 15.4. The highest BCUT2D eigenvalue weighted by Gasteiger charge is 2.17. The highest BCUT2D eigenvalue weighted by Crippen LogP contribution is 2.15. The molecule has 0 unspecified atom stereocenters. The van der Waals surface area contributed by atoms with E-state index in [9.17, 15) is 18.3 Å². The van der Waals surface area contributed by atoms with E-state index >= 15 is 0 Å². The second kappa shape index (κ2) is 10.6. The lowest BCUT2D eigenvalue weighted by Gasteiger charge is -2.29.